The number of nitrogens with one attached hydrogen (secondary N) is 1. The summed E-state index contributed by atoms with van der Waals surface area (Å²) >= 11 is 3.23. The molecule has 1 heterocycles. The van der Waals surface area contributed by atoms with Crippen LogP contribution < -0.4 is 5.32 Å². The van der Waals surface area contributed by atoms with Crippen molar-refractivity contribution in [2.24, 2.45) is 5.92 Å². The van der Waals surface area contributed by atoms with Crippen molar-refractivity contribution in [3.8, 4) is 0 Å². The second-order valence-corrected chi connectivity index (χ2v) is 6.85. The Labute approximate surface area is 137 Å². The van der Waals surface area contributed by atoms with Gasteiger partial charge in [-0.05, 0) is 59.8 Å². The Bertz CT molecular complexity index is 604. The zero-order chi connectivity index (χ0) is 15.7. The van der Waals surface area contributed by atoms with E-state index >= 15 is 0 Å². The van der Waals surface area contributed by atoms with Crippen molar-refractivity contribution in [1.82, 2.24) is 10.2 Å². The van der Waals surface area contributed by atoms with Gasteiger partial charge >= 0.3 is 0 Å². The van der Waals surface area contributed by atoms with Crippen molar-refractivity contribution in [1.29, 1.82) is 0 Å². The number of nitrogens with zero attached hydrogens (tertiary/aromatic N) is 1. The molecule has 1 saturated carbocycles. The second kappa shape index (κ2) is 6.36. The first-order valence-electron chi connectivity index (χ1n) is 7.59. The molecule has 1 unspecified atom stereocenters. The first-order valence-corrected chi connectivity index (χ1v) is 8.38. The molecule has 1 aromatic carbocycles. The summed E-state index contributed by atoms with van der Waals surface area (Å²) in [6.45, 7) is 1.07. The van der Waals surface area contributed by atoms with E-state index in [1.807, 2.05) is 0 Å². The van der Waals surface area contributed by atoms with Gasteiger partial charge in [-0.25, -0.2) is 4.39 Å². The van der Waals surface area contributed by atoms with Crippen LogP contribution in [-0.2, 0) is 4.79 Å². The molecule has 6 heteroatoms. The van der Waals surface area contributed by atoms with Crippen molar-refractivity contribution >= 4 is 27.7 Å². The molecule has 0 radical (unpaired) electrons. The lowest BCUT2D eigenvalue weighted by molar-refractivity contribution is -0.126. The lowest BCUT2D eigenvalue weighted by atomic mass is 9.96. The van der Waals surface area contributed by atoms with Gasteiger partial charge in [0, 0.05) is 23.6 Å². The van der Waals surface area contributed by atoms with Crippen molar-refractivity contribution in [3.05, 3.63) is 34.1 Å². The van der Waals surface area contributed by atoms with Gasteiger partial charge < -0.3 is 10.2 Å². The Hall–Kier alpha value is -1.43. The summed E-state index contributed by atoms with van der Waals surface area (Å²) in [5.41, 5.74) is 0.435. The van der Waals surface area contributed by atoms with Crippen LogP contribution in [0.25, 0.3) is 0 Å². The maximum Gasteiger partial charge on any atom is 0.255 e. The van der Waals surface area contributed by atoms with Crippen LogP contribution in [0.2, 0.25) is 0 Å². The van der Waals surface area contributed by atoms with Crippen LogP contribution in [0.5, 0.6) is 0 Å². The normalized spacial score (nSPS) is 21.5. The van der Waals surface area contributed by atoms with Crippen LogP contribution in [0, 0.1) is 11.7 Å². The van der Waals surface area contributed by atoms with Gasteiger partial charge in [-0.1, -0.05) is 0 Å². The van der Waals surface area contributed by atoms with Gasteiger partial charge in [0.15, 0.2) is 0 Å². The van der Waals surface area contributed by atoms with Crippen LogP contribution >= 0.6 is 15.9 Å². The fourth-order valence-electron chi connectivity index (χ4n) is 2.76. The van der Waals surface area contributed by atoms with E-state index in [1.165, 1.54) is 18.2 Å². The van der Waals surface area contributed by atoms with E-state index in [1.54, 1.807) is 4.90 Å². The molecule has 1 aliphatic heterocycles. The highest BCUT2D eigenvalue weighted by Crippen LogP contribution is 2.25. The maximum atomic E-state index is 13.1. The number of rotatable bonds is 3. The summed E-state index contributed by atoms with van der Waals surface area (Å²) in [7, 11) is 0. The lowest BCUT2D eigenvalue weighted by Crippen LogP contribution is -2.46. The number of likely N-dealkylation sites (tertiary alicyclic amines) is 1. The second-order valence-electron chi connectivity index (χ2n) is 6.00. The van der Waals surface area contributed by atoms with Gasteiger partial charge in [-0.3, -0.25) is 9.59 Å². The third-order valence-corrected chi connectivity index (χ3v) is 4.82. The van der Waals surface area contributed by atoms with E-state index in [4.69, 9.17) is 0 Å². The van der Waals surface area contributed by atoms with Gasteiger partial charge in [0.05, 0.1) is 11.5 Å². The Morgan fingerprint density at radius 1 is 1.27 bits per heavy atom. The lowest BCUT2D eigenvalue weighted by Gasteiger charge is -2.32. The van der Waals surface area contributed by atoms with Crippen LogP contribution in [0.4, 0.5) is 4.39 Å². The molecule has 3 rings (SSSR count). The predicted octanol–water partition coefficient (Wildman–Crippen LogP) is 2.72. The molecule has 1 aliphatic carbocycles. The quantitative estimate of drug-likeness (QED) is 0.891. The minimum atomic E-state index is -0.385. The minimum absolute atomic E-state index is 0.0539. The summed E-state index contributed by atoms with van der Waals surface area (Å²) < 4.78 is 13.6. The van der Waals surface area contributed by atoms with Gasteiger partial charge in [0.25, 0.3) is 5.91 Å². The number of halogens is 2. The van der Waals surface area contributed by atoms with E-state index < -0.39 is 0 Å². The van der Waals surface area contributed by atoms with Crippen LogP contribution in [0.3, 0.4) is 0 Å². The number of piperidine rings is 1. The Morgan fingerprint density at radius 2 is 2.05 bits per heavy atom. The highest BCUT2D eigenvalue weighted by Gasteiger charge is 2.32. The van der Waals surface area contributed by atoms with Gasteiger partial charge in [-0.2, -0.15) is 0 Å². The topological polar surface area (TPSA) is 49.4 Å². The SMILES string of the molecule is O=C(NC1CC1)C1CCCN(C(=O)c2ccc(F)cc2Br)C1. The molecule has 118 valence electrons. The Kier molecular flexibility index (Phi) is 4.47. The highest BCUT2D eigenvalue weighted by atomic mass is 79.9. The highest BCUT2D eigenvalue weighted by molar-refractivity contribution is 9.10. The van der Waals surface area contributed by atoms with Crippen LogP contribution in [-0.4, -0.2) is 35.8 Å². The Morgan fingerprint density at radius 3 is 2.73 bits per heavy atom. The molecule has 2 amide bonds. The average molecular weight is 369 g/mol. The number of hydrogen-bond acceptors (Lipinski definition) is 2. The van der Waals surface area contributed by atoms with Crippen molar-refractivity contribution in [3.63, 3.8) is 0 Å². The molecule has 1 saturated heterocycles. The largest absolute Gasteiger partial charge is 0.353 e. The van der Waals surface area contributed by atoms with Crippen LogP contribution in [0.1, 0.15) is 36.0 Å². The van der Waals surface area contributed by atoms with Crippen molar-refractivity contribution in [2.75, 3.05) is 13.1 Å². The van der Waals surface area contributed by atoms with E-state index in [9.17, 15) is 14.0 Å². The summed E-state index contributed by atoms with van der Waals surface area (Å²) in [5, 5.41) is 3.01. The summed E-state index contributed by atoms with van der Waals surface area (Å²) in [6.07, 6.45) is 3.74. The molecule has 2 fully saturated rings. The molecule has 4 nitrogen and oxygen atoms in total. The van der Waals surface area contributed by atoms with Crippen LogP contribution in [0.15, 0.2) is 22.7 Å². The third-order valence-electron chi connectivity index (χ3n) is 4.16. The van der Waals surface area contributed by atoms with Crippen molar-refractivity contribution < 1.29 is 14.0 Å². The molecule has 0 spiro atoms. The molecule has 1 aromatic rings. The summed E-state index contributed by atoms with van der Waals surface area (Å²) in [6, 6.07) is 4.38. The number of benzene rings is 1. The fourth-order valence-corrected chi connectivity index (χ4v) is 3.28. The van der Waals surface area contributed by atoms with Crippen molar-refractivity contribution in [2.45, 2.75) is 31.7 Å². The Balaban J connectivity index is 1.67. The predicted molar refractivity (Wildman–Crippen MR) is 83.9 cm³/mol. The first-order chi connectivity index (χ1) is 10.5. The number of hydrogen-bond donors (Lipinski definition) is 1. The molecule has 22 heavy (non-hydrogen) atoms. The minimum Gasteiger partial charge on any atom is -0.353 e. The zero-order valence-electron chi connectivity index (χ0n) is 12.1. The van der Waals surface area contributed by atoms with E-state index in [0.717, 1.165) is 25.7 Å². The molecular weight excluding hydrogens is 351 g/mol. The molecule has 0 aromatic heterocycles. The molecule has 2 aliphatic rings. The fraction of sp³-hybridized carbons (Fsp3) is 0.500. The number of carbonyl (C=O) groups is 2. The summed E-state index contributed by atoms with van der Waals surface area (Å²) in [5.74, 6) is -0.629. The van der Waals surface area contributed by atoms with E-state index in [0.29, 0.717) is 29.2 Å². The smallest absolute Gasteiger partial charge is 0.255 e. The summed E-state index contributed by atoms with van der Waals surface area (Å²) in [4.78, 5) is 26.4. The van der Waals surface area contributed by atoms with E-state index in [2.05, 4.69) is 21.2 Å². The number of amides is 2. The average Bonchev–Trinajstić information content (AvgIpc) is 3.31. The van der Waals surface area contributed by atoms with Gasteiger partial charge in [0.1, 0.15) is 5.82 Å². The monoisotopic (exact) mass is 368 g/mol. The molecule has 0 bridgehead atoms. The molecular formula is C16H18BrFN2O2. The molecule has 1 atom stereocenters. The maximum absolute atomic E-state index is 13.1. The first kappa shape index (κ1) is 15.5. The van der Waals surface area contributed by atoms with E-state index in [-0.39, 0.29) is 23.5 Å². The molecule has 1 N–H and O–H groups in total. The van der Waals surface area contributed by atoms with Gasteiger partial charge in [0.2, 0.25) is 5.91 Å². The number of carbonyl (C=O) groups excluding carboxylic acids is 2. The third kappa shape index (κ3) is 3.48. The standard InChI is InChI=1S/C16H18BrFN2O2/c17-14-8-11(18)3-6-13(14)16(22)20-7-1-2-10(9-20)15(21)19-12-4-5-12/h3,6,8,10,12H,1-2,4-5,7,9H2,(H,19,21). The van der Waals surface area contributed by atoms with Gasteiger partial charge in [-0.15, -0.1) is 0 Å². The zero-order valence-corrected chi connectivity index (χ0v) is 13.7.